The number of hydrogen-bond donors (Lipinski definition) is 2. The van der Waals surface area contributed by atoms with Gasteiger partial charge in [-0.05, 0) is 35.7 Å². The number of nitriles is 1. The molecule has 0 saturated carbocycles. The summed E-state index contributed by atoms with van der Waals surface area (Å²) < 4.78 is 0. The Morgan fingerprint density at radius 2 is 2.00 bits per heavy atom. The SMILES string of the molecule is N#Cc1ccc(NC(=O)C2CSCN2C(=O)CCNC(=O)c2cccs2)cc1. The molecule has 3 rings (SSSR count). The van der Waals surface area contributed by atoms with E-state index in [9.17, 15) is 14.4 Å². The average molecular weight is 415 g/mol. The maximum Gasteiger partial charge on any atom is 0.261 e. The number of thiophene rings is 1. The van der Waals surface area contributed by atoms with E-state index in [1.807, 2.05) is 11.4 Å². The third-order valence-corrected chi connectivity index (χ3v) is 6.04. The molecule has 0 aliphatic carbocycles. The highest BCUT2D eigenvalue weighted by Gasteiger charge is 2.34. The smallest absolute Gasteiger partial charge is 0.261 e. The molecule has 1 saturated heterocycles. The van der Waals surface area contributed by atoms with Crippen LogP contribution in [0.5, 0.6) is 0 Å². The summed E-state index contributed by atoms with van der Waals surface area (Å²) in [6.45, 7) is 0.223. The molecule has 0 radical (unpaired) electrons. The summed E-state index contributed by atoms with van der Waals surface area (Å²) in [5.41, 5.74) is 1.09. The molecule has 0 bridgehead atoms. The Labute approximate surface area is 170 Å². The van der Waals surface area contributed by atoms with Crippen molar-refractivity contribution in [2.45, 2.75) is 12.5 Å². The van der Waals surface area contributed by atoms with Crippen molar-refractivity contribution in [1.82, 2.24) is 10.2 Å². The van der Waals surface area contributed by atoms with E-state index in [1.54, 1.807) is 41.3 Å². The van der Waals surface area contributed by atoms with Crippen LogP contribution in [-0.4, -0.2) is 46.8 Å². The van der Waals surface area contributed by atoms with Gasteiger partial charge >= 0.3 is 0 Å². The number of rotatable bonds is 6. The monoisotopic (exact) mass is 414 g/mol. The Hall–Kier alpha value is -2.83. The Bertz CT molecular complexity index is 891. The molecule has 1 fully saturated rings. The summed E-state index contributed by atoms with van der Waals surface area (Å²) in [6.07, 6.45) is 0.137. The molecule has 3 amide bonds. The lowest BCUT2D eigenvalue weighted by Crippen LogP contribution is -2.45. The Morgan fingerprint density at radius 1 is 1.21 bits per heavy atom. The molecule has 1 atom stereocenters. The molecular formula is C19H18N4O3S2. The van der Waals surface area contributed by atoms with E-state index in [2.05, 4.69) is 10.6 Å². The van der Waals surface area contributed by atoms with E-state index >= 15 is 0 Å². The van der Waals surface area contributed by atoms with Crippen LogP contribution >= 0.6 is 23.1 Å². The topological polar surface area (TPSA) is 102 Å². The summed E-state index contributed by atoms with van der Waals surface area (Å²) >= 11 is 2.86. The largest absolute Gasteiger partial charge is 0.351 e. The van der Waals surface area contributed by atoms with Crippen molar-refractivity contribution in [3.05, 3.63) is 52.2 Å². The average Bonchev–Trinajstić information content (AvgIpc) is 3.40. The molecular weight excluding hydrogens is 396 g/mol. The molecule has 2 heterocycles. The van der Waals surface area contributed by atoms with Gasteiger partial charge in [-0.3, -0.25) is 14.4 Å². The first-order valence-electron chi connectivity index (χ1n) is 8.58. The van der Waals surface area contributed by atoms with E-state index in [4.69, 9.17) is 5.26 Å². The summed E-state index contributed by atoms with van der Waals surface area (Å²) in [4.78, 5) is 39.1. The second-order valence-electron chi connectivity index (χ2n) is 6.04. The summed E-state index contributed by atoms with van der Waals surface area (Å²) in [5.74, 6) is 0.342. The fourth-order valence-corrected chi connectivity index (χ4v) is 4.50. The molecule has 1 aliphatic rings. The van der Waals surface area contributed by atoms with Gasteiger partial charge < -0.3 is 15.5 Å². The Morgan fingerprint density at radius 3 is 2.68 bits per heavy atom. The van der Waals surface area contributed by atoms with Gasteiger partial charge in [0.25, 0.3) is 5.91 Å². The predicted molar refractivity (Wildman–Crippen MR) is 109 cm³/mol. The van der Waals surface area contributed by atoms with Crippen molar-refractivity contribution < 1.29 is 14.4 Å². The zero-order chi connectivity index (χ0) is 19.9. The molecule has 1 aromatic carbocycles. The predicted octanol–water partition coefficient (Wildman–Crippen LogP) is 2.28. The van der Waals surface area contributed by atoms with Gasteiger partial charge in [-0.2, -0.15) is 5.26 Å². The summed E-state index contributed by atoms with van der Waals surface area (Å²) in [5, 5.41) is 16.2. The Balaban J connectivity index is 1.51. The first-order chi connectivity index (χ1) is 13.6. The Kier molecular flexibility index (Phi) is 6.68. The first-order valence-corrected chi connectivity index (χ1v) is 10.6. The van der Waals surface area contributed by atoms with E-state index < -0.39 is 6.04 Å². The van der Waals surface area contributed by atoms with Crippen LogP contribution in [0.2, 0.25) is 0 Å². The van der Waals surface area contributed by atoms with Crippen LogP contribution in [-0.2, 0) is 9.59 Å². The zero-order valence-corrected chi connectivity index (χ0v) is 16.5. The molecule has 7 nitrogen and oxygen atoms in total. The van der Waals surface area contributed by atoms with Crippen molar-refractivity contribution in [2.24, 2.45) is 0 Å². The second kappa shape index (κ2) is 9.39. The fourth-order valence-electron chi connectivity index (χ4n) is 2.68. The number of amides is 3. The third-order valence-electron chi connectivity index (χ3n) is 4.16. The van der Waals surface area contributed by atoms with Crippen molar-refractivity contribution >= 4 is 46.5 Å². The lowest BCUT2D eigenvalue weighted by molar-refractivity contribution is -0.136. The molecule has 9 heteroatoms. The van der Waals surface area contributed by atoms with Gasteiger partial charge in [0, 0.05) is 24.4 Å². The van der Waals surface area contributed by atoms with Crippen LogP contribution in [0.3, 0.4) is 0 Å². The molecule has 2 aromatic rings. The highest BCUT2D eigenvalue weighted by atomic mass is 32.2. The van der Waals surface area contributed by atoms with Gasteiger partial charge in [0.1, 0.15) is 6.04 Å². The summed E-state index contributed by atoms with van der Waals surface area (Å²) in [7, 11) is 0. The minimum absolute atomic E-state index is 0.137. The standard InChI is InChI=1S/C19H18N4O3S2/c20-10-13-3-5-14(6-4-13)22-18(25)15-11-27-12-23(15)17(24)7-8-21-19(26)16-2-1-9-28-16/h1-6,9,15H,7-8,11-12H2,(H,21,26)(H,22,25). The fraction of sp³-hybridized carbons (Fsp3) is 0.263. The van der Waals surface area contributed by atoms with E-state index in [1.165, 1.54) is 23.1 Å². The highest BCUT2D eigenvalue weighted by molar-refractivity contribution is 7.99. The quantitative estimate of drug-likeness (QED) is 0.755. The van der Waals surface area contributed by atoms with Crippen molar-refractivity contribution in [2.75, 3.05) is 23.5 Å². The number of carbonyl (C=O) groups is 3. The van der Waals surface area contributed by atoms with E-state index in [-0.39, 0.29) is 30.7 Å². The minimum Gasteiger partial charge on any atom is -0.351 e. The van der Waals surface area contributed by atoms with Crippen LogP contribution in [0.15, 0.2) is 41.8 Å². The minimum atomic E-state index is -0.554. The van der Waals surface area contributed by atoms with Crippen LogP contribution in [0, 0.1) is 11.3 Å². The maximum absolute atomic E-state index is 12.6. The number of nitrogens with one attached hydrogen (secondary N) is 2. The van der Waals surface area contributed by atoms with Gasteiger partial charge in [-0.15, -0.1) is 23.1 Å². The normalized spacial score (nSPS) is 15.7. The number of benzene rings is 1. The zero-order valence-electron chi connectivity index (χ0n) is 14.9. The van der Waals surface area contributed by atoms with Gasteiger partial charge in [0.15, 0.2) is 0 Å². The highest BCUT2D eigenvalue weighted by Crippen LogP contribution is 2.23. The van der Waals surface area contributed by atoms with Crippen LogP contribution in [0.1, 0.15) is 21.7 Å². The number of anilines is 1. The molecule has 1 aliphatic heterocycles. The maximum atomic E-state index is 12.6. The molecule has 1 unspecified atom stereocenters. The van der Waals surface area contributed by atoms with Gasteiger partial charge in [0.05, 0.1) is 22.4 Å². The molecule has 2 N–H and O–H groups in total. The van der Waals surface area contributed by atoms with Gasteiger partial charge in [-0.25, -0.2) is 0 Å². The van der Waals surface area contributed by atoms with Crippen LogP contribution < -0.4 is 10.6 Å². The first kappa shape index (κ1) is 19.9. The lowest BCUT2D eigenvalue weighted by Gasteiger charge is -2.23. The molecule has 28 heavy (non-hydrogen) atoms. The molecule has 0 spiro atoms. The van der Waals surface area contributed by atoms with Crippen molar-refractivity contribution in [1.29, 1.82) is 5.26 Å². The van der Waals surface area contributed by atoms with Crippen molar-refractivity contribution in [3.63, 3.8) is 0 Å². The number of hydrogen-bond acceptors (Lipinski definition) is 6. The van der Waals surface area contributed by atoms with Crippen molar-refractivity contribution in [3.8, 4) is 6.07 Å². The second-order valence-corrected chi connectivity index (χ2v) is 7.99. The van der Waals surface area contributed by atoms with Gasteiger partial charge in [0.2, 0.25) is 11.8 Å². The van der Waals surface area contributed by atoms with E-state index in [0.717, 1.165) is 0 Å². The number of carbonyl (C=O) groups excluding carboxylic acids is 3. The lowest BCUT2D eigenvalue weighted by atomic mass is 10.2. The number of nitrogens with zero attached hydrogens (tertiary/aromatic N) is 2. The number of thioether (sulfide) groups is 1. The molecule has 144 valence electrons. The van der Waals surface area contributed by atoms with Crippen LogP contribution in [0.25, 0.3) is 0 Å². The third kappa shape index (κ3) is 4.91. The summed E-state index contributed by atoms with van der Waals surface area (Å²) in [6, 6.07) is 11.5. The van der Waals surface area contributed by atoms with E-state index in [0.29, 0.717) is 27.8 Å². The van der Waals surface area contributed by atoms with Gasteiger partial charge in [-0.1, -0.05) is 6.07 Å². The molecule has 1 aromatic heterocycles. The van der Waals surface area contributed by atoms with Crippen LogP contribution in [0.4, 0.5) is 5.69 Å².